The van der Waals surface area contributed by atoms with E-state index < -0.39 is 0 Å². The molecule has 4 nitrogen and oxygen atoms in total. The molecule has 0 fully saturated rings. The number of rotatable bonds is 10. The Labute approximate surface area is 123 Å². The molecule has 0 aliphatic heterocycles. The van der Waals surface area contributed by atoms with Gasteiger partial charge in [-0.1, -0.05) is 23.2 Å². The molecule has 0 amide bonds. The van der Waals surface area contributed by atoms with Crippen LogP contribution in [0.2, 0.25) is 10.0 Å². The zero-order valence-electron chi connectivity index (χ0n) is 11.0. The van der Waals surface area contributed by atoms with Crippen molar-refractivity contribution in [3.8, 4) is 0 Å². The molecule has 0 atom stereocenters. The summed E-state index contributed by atoms with van der Waals surface area (Å²) in [5.74, 6) is 0. The number of benzene rings is 1. The van der Waals surface area contributed by atoms with Gasteiger partial charge in [-0.3, -0.25) is 0 Å². The first-order valence-corrected chi connectivity index (χ1v) is 6.83. The Bertz CT molecular complexity index is 364. The fourth-order valence-electron chi connectivity index (χ4n) is 1.35. The Kier molecular flexibility index (Phi) is 8.95. The van der Waals surface area contributed by atoms with Crippen molar-refractivity contribution in [1.29, 1.82) is 0 Å². The number of ether oxygens (including phenoxy) is 3. The molecule has 0 bridgehead atoms. The van der Waals surface area contributed by atoms with Crippen molar-refractivity contribution in [2.75, 3.05) is 52.0 Å². The van der Waals surface area contributed by atoms with Crippen LogP contribution in [-0.4, -0.2) is 46.7 Å². The number of halogens is 2. The van der Waals surface area contributed by atoms with Gasteiger partial charge in [-0.25, -0.2) is 0 Å². The Morgan fingerprint density at radius 3 is 2.37 bits per heavy atom. The molecule has 0 spiro atoms. The minimum atomic E-state index is 0.569. The minimum absolute atomic E-state index is 0.569. The minimum Gasteiger partial charge on any atom is -0.382 e. The lowest BCUT2D eigenvalue weighted by Gasteiger charge is -2.09. The van der Waals surface area contributed by atoms with E-state index >= 15 is 0 Å². The highest BCUT2D eigenvalue weighted by atomic mass is 35.5. The van der Waals surface area contributed by atoms with E-state index in [0.29, 0.717) is 49.6 Å². The largest absolute Gasteiger partial charge is 0.382 e. The summed E-state index contributed by atoms with van der Waals surface area (Å²) >= 11 is 11.8. The van der Waals surface area contributed by atoms with Gasteiger partial charge in [0.1, 0.15) is 0 Å². The van der Waals surface area contributed by atoms with Gasteiger partial charge in [-0.2, -0.15) is 0 Å². The molecule has 0 aliphatic rings. The van der Waals surface area contributed by atoms with Gasteiger partial charge >= 0.3 is 0 Å². The monoisotopic (exact) mass is 307 g/mol. The molecule has 19 heavy (non-hydrogen) atoms. The maximum atomic E-state index is 6.02. The first-order valence-electron chi connectivity index (χ1n) is 6.07. The lowest BCUT2D eigenvalue weighted by molar-refractivity contribution is 0.0272. The van der Waals surface area contributed by atoms with Crippen LogP contribution in [0.4, 0.5) is 5.69 Å². The quantitative estimate of drug-likeness (QED) is 0.674. The summed E-state index contributed by atoms with van der Waals surface area (Å²) < 4.78 is 15.5. The van der Waals surface area contributed by atoms with Crippen molar-refractivity contribution in [2.45, 2.75) is 0 Å². The Balaban J connectivity index is 2.01. The molecule has 1 aromatic carbocycles. The van der Waals surface area contributed by atoms with Gasteiger partial charge in [0.25, 0.3) is 0 Å². The van der Waals surface area contributed by atoms with Crippen molar-refractivity contribution in [3.05, 3.63) is 28.2 Å². The number of nitrogens with one attached hydrogen (secondary N) is 1. The number of hydrogen-bond donors (Lipinski definition) is 1. The fraction of sp³-hybridized carbons (Fsp3) is 0.538. The van der Waals surface area contributed by atoms with Gasteiger partial charge in [-0.15, -0.1) is 0 Å². The molecule has 1 N–H and O–H groups in total. The van der Waals surface area contributed by atoms with E-state index in [1.807, 2.05) is 6.07 Å². The normalized spacial score (nSPS) is 10.7. The van der Waals surface area contributed by atoms with Crippen LogP contribution in [0, 0.1) is 0 Å². The van der Waals surface area contributed by atoms with Crippen molar-refractivity contribution in [1.82, 2.24) is 0 Å². The molecule has 0 aliphatic carbocycles. The average molecular weight is 308 g/mol. The first-order chi connectivity index (χ1) is 9.24. The van der Waals surface area contributed by atoms with E-state index in [2.05, 4.69) is 5.32 Å². The highest BCUT2D eigenvalue weighted by Crippen LogP contribution is 2.24. The predicted molar refractivity (Wildman–Crippen MR) is 78.5 cm³/mol. The molecule has 0 unspecified atom stereocenters. The van der Waals surface area contributed by atoms with Crippen LogP contribution in [0.1, 0.15) is 0 Å². The molecule has 1 aromatic rings. The maximum absolute atomic E-state index is 6.02. The highest BCUT2D eigenvalue weighted by molar-refractivity contribution is 6.36. The lowest BCUT2D eigenvalue weighted by Crippen LogP contribution is -2.13. The Morgan fingerprint density at radius 2 is 1.68 bits per heavy atom. The standard InChI is InChI=1S/C13H19Cl2NO3/c1-17-6-7-19-9-8-18-5-4-16-13-3-2-11(14)10-12(13)15/h2-3,10,16H,4-9H2,1H3. The Hall–Kier alpha value is -0.520. The van der Waals surface area contributed by atoms with Gasteiger partial charge in [0.05, 0.1) is 43.7 Å². The van der Waals surface area contributed by atoms with Crippen LogP contribution in [0.15, 0.2) is 18.2 Å². The SMILES string of the molecule is COCCOCCOCCNc1ccc(Cl)cc1Cl. The van der Waals surface area contributed by atoms with Gasteiger partial charge in [0, 0.05) is 18.7 Å². The van der Waals surface area contributed by atoms with Crippen LogP contribution in [0.3, 0.4) is 0 Å². The van der Waals surface area contributed by atoms with E-state index in [9.17, 15) is 0 Å². The van der Waals surface area contributed by atoms with Crippen LogP contribution in [-0.2, 0) is 14.2 Å². The van der Waals surface area contributed by atoms with E-state index in [1.165, 1.54) is 0 Å². The zero-order chi connectivity index (χ0) is 13.9. The topological polar surface area (TPSA) is 39.7 Å². The molecule has 0 heterocycles. The predicted octanol–water partition coefficient (Wildman–Crippen LogP) is 3.08. The van der Waals surface area contributed by atoms with Crippen molar-refractivity contribution >= 4 is 28.9 Å². The van der Waals surface area contributed by atoms with E-state index in [0.717, 1.165) is 5.69 Å². The Morgan fingerprint density at radius 1 is 1.00 bits per heavy atom. The second kappa shape index (κ2) is 10.3. The summed E-state index contributed by atoms with van der Waals surface area (Å²) in [6.45, 7) is 3.62. The van der Waals surface area contributed by atoms with Crippen LogP contribution in [0.25, 0.3) is 0 Å². The maximum Gasteiger partial charge on any atom is 0.0701 e. The molecule has 0 saturated carbocycles. The summed E-state index contributed by atoms with van der Waals surface area (Å²) in [5, 5.41) is 4.41. The molecule has 0 radical (unpaired) electrons. The van der Waals surface area contributed by atoms with E-state index in [1.54, 1.807) is 19.2 Å². The molecule has 0 aromatic heterocycles. The van der Waals surface area contributed by atoms with E-state index in [-0.39, 0.29) is 0 Å². The van der Waals surface area contributed by atoms with Crippen LogP contribution in [0.5, 0.6) is 0 Å². The summed E-state index contributed by atoms with van der Waals surface area (Å²) in [5.41, 5.74) is 0.853. The smallest absolute Gasteiger partial charge is 0.0701 e. The lowest BCUT2D eigenvalue weighted by atomic mass is 10.3. The average Bonchev–Trinajstić information content (AvgIpc) is 2.39. The highest BCUT2D eigenvalue weighted by Gasteiger charge is 1.99. The van der Waals surface area contributed by atoms with E-state index in [4.69, 9.17) is 37.4 Å². The molecular weight excluding hydrogens is 289 g/mol. The molecule has 108 valence electrons. The summed E-state index contributed by atoms with van der Waals surface area (Å²) in [6, 6.07) is 5.34. The molecule has 6 heteroatoms. The third-order valence-electron chi connectivity index (χ3n) is 2.30. The number of anilines is 1. The second-order valence-corrected chi connectivity index (χ2v) is 4.61. The summed E-state index contributed by atoms with van der Waals surface area (Å²) in [6.07, 6.45) is 0. The van der Waals surface area contributed by atoms with Gasteiger partial charge in [0.2, 0.25) is 0 Å². The van der Waals surface area contributed by atoms with Crippen LogP contribution < -0.4 is 5.32 Å². The van der Waals surface area contributed by atoms with Crippen molar-refractivity contribution in [3.63, 3.8) is 0 Å². The molecule has 1 rings (SSSR count). The van der Waals surface area contributed by atoms with Crippen LogP contribution >= 0.6 is 23.2 Å². The number of hydrogen-bond acceptors (Lipinski definition) is 4. The third-order valence-corrected chi connectivity index (χ3v) is 2.84. The van der Waals surface area contributed by atoms with Crippen molar-refractivity contribution in [2.24, 2.45) is 0 Å². The summed E-state index contributed by atoms with van der Waals surface area (Å²) in [4.78, 5) is 0. The first kappa shape index (κ1) is 16.5. The third kappa shape index (κ3) is 7.60. The van der Waals surface area contributed by atoms with Gasteiger partial charge < -0.3 is 19.5 Å². The fourth-order valence-corrected chi connectivity index (χ4v) is 1.83. The van der Waals surface area contributed by atoms with Crippen molar-refractivity contribution < 1.29 is 14.2 Å². The number of methoxy groups -OCH3 is 1. The van der Waals surface area contributed by atoms with Gasteiger partial charge in [-0.05, 0) is 18.2 Å². The zero-order valence-corrected chi connectivity index (χ0v) is 12.5. The van der Waals surface area contributed by atoms with Gasteiger partial charge in [0.15, 0.2) is 0 Å². The summed E-state index contributed by atoms with van der Waals surface area (Å²) in [7, 11) is 1.65. The molecule has 0 saturated heterocycles. The second-order valence-electron chi connectivity index (χ2n) is 3.77. The molecular formula is C13H19Cl2NO3.